The zero-order chi connectivity index (χ0) is 17.6. The average molecular weight is 359 g/mol. The van der Waals surface area contributed by atoms with E-state index in [-0.39, 0.29) is 11.9 Å². The number of thiophene rings is 1. The molecule has 2 aliphatic heterocycles. The molecule has 0 bridgehead atoms. The van der Waals surface area contributed by atoms with Gasteiger partial charge in [0, 0.05) is 48.4 Å². The summed E-state index contributed by atoms with van der Waals surface area (Å²) in [6.07, 6.45) is 0.923. The third kappa shape index (κ3) is 3.35. The second kappa shape index (κ2) is 6.53. The second-order valence-electron chi connectivity index (χ2n) is 7.61. The fraction of sp³-hybridized carbons (Fsp3) is 0.611. The molecule has 1 N–H and O–H groups in total. The molecule has 2 aliphatic rings. The van der Waals surface area contributed by atoms with Crippen LogP contribution in [0.2, 0.25) is 0 Å². The molecule has 2 atom stereocenters. The topological polar surface area (TPSA) is 63.1 Å². The molecule has 0 saturated carbocycles. The van der Waals surface area contributed by atoms with E-state index in [2.05, 4.69) is 39.5 Å². The highest BCUT2D eigenvalue weighted by atomic mass is 32.1. The summed E-state index contributed by atoms with van der Waals surface area (Å²) in [5, 5.41) is 11.4. The lowest BCUT2D eigenvalue weighted by atomic mass is 9.89. The first kappa shape index (κ1) is 16.7. The maximum absolute atomic E-state index is 12.3. The Morgan fingerprint density at radius 1 is 1.28 bits per heavy atom. The Balaban J connectivity index is 1.45. The van der Waals surface area contributed by atoms with Crippen molar-refractivity contribution in [3.8, 4) is 0 Å². The van der Waals surface area contributed by atoms with Crippen LogP contribution < -0.4 is 5.32 Å². The Bertz CT molecular complexity index is 780. The summed E-state index contributed by atoms with van der Waals surface area (Å²) in [4.78, 5) is 17.7. The maximum Gasteiger partial charge on any atom is 0.289 e. The number of aryl methyl sites for hydroxylation is 1. The van der Waals surface area contributed by atoms with E-state index in [9.17, 15) is 4.79 Å². The smallest absolute Gasteiger partial charge is 0.289 e. The van der Waals surface area contributed by atoms with Crippen molar-refractivity contribution in [2.75, 3.05) is 13.1 Å². The molecule has 4 heterocycles. The summed E-state index contributed by atoms with van der Waals surface area (Å²) in [6, 6.07) is 4.54. The van der Waals surface area contributed by atoms with Gasteiger partial charge in [0.25, 0.3) is 5.91 Å². The zero-order valence-electron chi connectivity index (χ0n) is 15.0. The number of carbonyl (C=O) groups excluding carboxylic acids is 1. The normalized spacial score (nSPS) is 22.9. The predicted octanol–water partition coefficient (Wildman–Crippen LogP) is 2.09. The van der Waals surface area contributed by atoms with Gasteiger partial charge >= 0.3 is 0 Å². The van der Waals surface area contributed by atoms with Crippen LogP contribution in [0.5, 0.6) is 0 Å². The summed E-state index contributed by atoms with van der Waals surface area (Å²) in [5.74, 6) is 2.52. The Morgan fingerprint density at radius 3 is 2.80 bits per heavy atom. The largest absolute Gasteiger partial charge is 0.347 e. The standard InChI is InChI=1S/C18H25N5OS/c1-11(2)19-18(24)17-21-20-16-6-13-7-22(8-14(13)9-23(16)17)10-15-5-4-12(3)25-15/h4-5,11,13-14H,6-10H2,1-3H3,(H,19,24). The molecule has 0 aromatic carbocycles. The maximum atomic E-state index is 12.3. The lowest BCUT2D eigenvalue weighted by molar-refractivity contribution is 0.0924. The van der Waals surface area contributed by atoms with E-state index in [0.717, 1.165) is 38.4 Å². The Labute approximate surface area is 152 Å². The quantitative estimate of drug-likeness (QED) is 0.908. The van der Waals surface area contributed by atoms with E-state index in [1.807, 2.05) is 29.8 Å². The molecule has 1 fully saturated rings. The van der Waals surface area contributed by atoms with Crippen molar-refractivity contribution < 1.29 is 4.79 Å². The summed E-state index contributed by atoms with van der Waals surface area (Å²) in [7, 11) is 0. The minimum absolute atomic E-state index is 0.105. The van der Waals surface area contributed by atoms with Crippen LogP contribution in [-0.2, 0) is 19.5 Å². The predicted molar refractivity (Wildman–Crippen MR) is 97.6 cm³/mol. The third-order valence-corrected chi connectivity index (χ3v) is 6.13. The zero-order valence-corrected chi connectivity index (χ0v) is 15.8. The molecule has 0 radical (unpaired) electrons. The highest BCUT2D eigenvalue weighted by molar-refractivity contribution is 7.11. The Kier molecular flexibility index (Phi) is 4.37. The number of hydrogen-bond acceptors (Lipinski definition) is 5. The molecule has 134 valence electrons. The van der Waals surface area contributed by atoms with Crippen LogP contribution in [0.3, 0.4) is 0 Å². The number of likely N-dealkylation sites (tertiary alicyclic amines) is 1. The molecule has 0 spiro atoms. The molecular weight excluding hydrogens is 334 g/mol. The first-order chi connectivity index (χ1) is 12.0. The SMILES string of the molecule is Cc1ccc(CN2CC3Cc4nnc(C(=O)NC(C)C)n4CC3C2)s1. The van der Waals surface area contributed by atoms with Gasteiger partial charge in [0.05, 0.1) is 0 Å². The summed E-state index contributed by atoms with van der Waals surface area (Å²) in [5.41, 5.74) is 0. The molecule has 1 saturated heterocycles. The van der Waals surface area contributed by atoms with Gasteiger partial charge in [0.15, 0.2) is 0 Å². The molecule has 2 aromatic rings. The molecule has 4 rings (SSSR count). The van der Waals surface area contributed by atoms with Gasteiger partial charge in [0.1, 0.15) is 5.82 Å². The van der Waals surface area contributed by atoms with Crippen molar-refractivity contribution in [3.05, 3.63) is 33.5 Å². The van der Waals surface area contributed by atoms with Crippen LogP contribution in [0.25, 0.3) is 0 Å². The molecule has 2 unspecified atom stereocenters. The Morgan fingerprint density at radius 2 is 2.08 bits per heavy atom. The van der Waals surface area contributed by atoms with Gasteiger partial charge in [-0.05, 0) is 44.7 Å². The van der Waals surface area contributed by atoms with Crippen LogP contribution in [0.15, 0.2) is 12.1 Å². The highest BCUT2D eigenvalue weighted by Gasteiger charge is 2.39. The first-order valence-electron chi connectivity index (χ1n) is 9.00. The summed E-state index contributed by atoms with van der Waals surface area (Å²) >= 11 is 1.89. The highest BCUT2D eigenvalue weighted by Crippen LogP contribution is 2.33. The minimum Gasteiger partial charge on any atom is -0.347 e. The summed E-state index contributed by atoms with van der Waals surface area (Å²) < 4.78 is 2.04. The molecular formula is C18H25N5OS. The van der Waals surface area contributed by atoms with E-state index in [1.54, 1.807) is 0 Å². The van der Waals surface area contributed by atoms with Crippen molar-refractivity contribution in [1.82, 2.24) is 25.0 Å². The molecule has 0 aliphatic carbocycles. The van der Waals surface area contributed by atoms with Gasteiger partial charge in [0.2, 0.25) is 5.82 Å². The van der Waals surface area contributed by atoms with Crippen LogP contribution in [0.4, 0.5) is 0 Å². The monoisotopic (exact) mass is 359 g/mol. The Hall–Kier alpha value is -1.73. The first-order valence-corrected chi connectivity index (χ1v) is 9.82. The average Bonchev–Trinajstić information content (AvgIpc) is 3.22. The van der Waals surface area contributed by atoms with Crippen molar-refractivity contribution in [3.63, 3.8) is 0 Å². The van der Waals surface area contributed by atoms with Gasteiger partial charge in [-0.2, -0.15) is 0 Å². The van der Waals surface area contributed by atoms with Crippen LogP contribution in [0, 0.1) is 18.8 Å². The van der Waals surface area contributed by atoms with E-state index in [1.165, 1.54) is 9.75 Å². The van der Waals surface area contributed by atoms with Crippen LogP contribution in [-0.4, -0.2) is 44.7 Å². The third-order valence-electron chi connectivity index (χ3n) is 5.14. The molecule has 2 aromatic heterocycles. The number of rotatable bonds is 4. The lowest BCUT2D eigenvalue weighted by Crippen LogP contribution is -2.35. The summed E-state index contributed by atoms with van der Waals surface area (Å²) in [6.45, 7) is 10.2. The van der Waals surface area contributed by atoms with Crippen LogP contribution >= 0.6 is 11.3 Å². The van der Waals surface area contributed by atoms with Gasteiger partial charge in [-0.3, -0.25) is 9.69 Å². The number of fused-ring (bicyclic) bond motifs is 2. The second-order valence-corrected chi connectivity index (χ2v) is 8.98. The molecule has 25 heavy (non-hydrogen) atoms. The lowest BCUT2D eigenvalue weighted by Gasteiger charge is -2.25. The molecule has 6 nitrogen and oxygen atoms in total. The van der Waals surface area contributed by atoms with E-state index >= 15 is 0 Å². The number of amides is 1. The molecule has 1 amide bonds. The fourth-order valence-electron chi connectivity index (χ4n) is 4.04. The van der Waals surface area contributed by atoms with E-state index < -0.39 is 0 Å². The minimum atomic E-state index is -0.115. The van der Waals surface area contributed by atoms with Crippen LogP contribution in [0.1, 0.15) is 40.0 Å². The van der Waals surface area contributed by atoms with Gasteiger partial charge in [-0.1, -0.05) is 0 Å². The van der Waals surface area contributed by atoms with Crippen molar-refractivity contribution in [2.24, 2.45) is 11.8 Å². The molecule has 7 heteroatoms. The van der Waals surface area contributed by atoms with Crippen molar-refractivity contribution in [2.45, 2.75) is 46.3 Å². The van der Waals surface area contributed by atoms with Gasteiger partial charge < -0.3 is 9.88 Å². The van der Waals surface area contributed by atoms with Crippen molar-refractivity contribution in [1.29, 1.82) is 0 Å². The number of nitrogens with zero attached hydrogens (tertiary/aromatic N) is 4. The number of aromatic nitrogens is 3. The number of nitrogens with one attached hydrogen (secondary N) is 1. The van der Waals surface area contributed by atoms with E-state index in [4.69, 9.17) is 0 Å². The van der Waals surface area contributed by atoms with E-state index in [0.29, 0.717) is 17.7 Å². The van der Waals surface area contributed by atoms with Gasteiger partial charge in [-0.15, -0.1) is 21.5 Å². The number of carbonyl (C=O) groups is 1. The number of hydrogen-bond donors (Lipinski definition) is 1. The fourth-order valence-corrected chi connectivity index (χ4v) is 4.97. The van der Waals surface area contributed by atoms with Gasteiger partial charge in [-0.25, -0.2) is 0 Å². The van der Waals surface area contributed by atoms with Crippen molar-refractivity contribution >= 4 is 17.2 Å².